The number of hydrogen-bond acceptors (Lipinski definition) is 10. The lowest BCUT2D eigenvalue weighted by atomic mass is 9.76. The third-order valence-corrected chi connectivity index (χ3v) is 12.0. The molecular weight excluding hydrogens is 955 g/mol. The number of carbonyl (C=O) groups excluding carboxylic acids is 2. The van der Waals surface area contributed by atoms with Crippen molar-refractivity contribution in [2.24, 2.45) is 14.1 Å². The summed E-state index contributed by atoms with van der Waals surface area (Å²) in [4.78, 5) is 55.2. The van der Waals surface area contributed by atoms with Crippen molar-refractivity contribution >= 4 is 74.2 Å². The number of rotatable bonds is 6. The normalized spacial score (nSPS) is 13.7. The quantitative estimate of drug-likeness (QED) is 0.121. The lowest BCUT2D eigenvalue weighted by Gasteiger charge is -2.32. The third-order valence-electron chi connectivity index (χ3n) is 11.5. The highest BCUT2D eigenvalue weighted by atomic mass is 79.9. The van der Waals surface area contributed by atoms with Gasteiger partial charge in [-0.15, -0.1) is 0 Å². The number of nitrogens with one attached hydrogen (secondary N) is 2. The Hall–Kier alpha value is -7.16. The summed E-state index contributed by atoms with van der Waals surface area (Å²) in [5.41, 5.74) is 4.73. The van der Waals surface area contributed by atoms with E-state index in [1.54, 1.807) is 32.3 Å². The molecule has 0 atom stereocenters. The molecule has 68 heavy (non-hydrogen) atoms. The Labute approximate surface area is 394 Å². The summed E-state index contributed by atoms with van der Waals surface area (Å²) in [7, 11) is 2.87. The van der Waals surface area contributed by atoms with Gasteiger partial charge in [0.05, 0.1) is 22.2 Å². The largest absolute Gasteiger partial charge is 0.495 e. The van der Waals surface area contributed by atoms with Crippen molar-refractivity contribution < 1.29 is 45.3 Å². The van der Waals surface area contributed by atoms with E-state index in [9.17, 15) is 36.7 Å². The van der Waals surface area contributed by atoms with Gasteiger partial charge in [0.1, 0.15) is 46.0 Å². The lowest BCUT2D eigenvalue weighted by molar-refractivity contribution is 0.00578. The van der Waals surface area contributed by atoms with Gasteiger partial charge in [0.2, 0.25) is 0 Å². The van der Waals surface area contributed by atoms with Gasteiger partial charge in [-0.1, -0.05) is 12.1 Å². The van der Waals surface area contributed by atoms with Crippen LogP contribution in [-0.4, -0.2) is 49.2 Å². The second kappa shape index (κ2) is 19.2. The maximum absolute atomic E-state index is 13.7. The van der Waals surface area contributed by atoms with E-state index in [0.717, 1.165) is 62.0 Å². The lowest BCUT2D eigenvalue weighted by Crippen LogP contribution is -2.41. The predicted molar refractivity (Wildman–Crippen MR) is 252 cm³/mol. The van der Waals surface area contributed by atoms with E-state index < -0.39 is 70.3 Å². The Balaban J connectivity index is 0.000000156. The number of benzene rings is 4. The molecular formula is C48H42BBrF4N6O8. The molecule has 1 aliphatic rings. The zero-order valence-electron chi connectivity index (χ0n) is 37.8. The molecule has 20 heteroatoms. The highest BCUT2D eigenvalue weighted by Gasteiger charge is 2.52. The van der Waals surface area contributed by atoms with Crippen LogP contribution in [0.1, 0.15) is 59.5 Å². The molecule has 14 nitrogen and oxygen atoms in total. The Morgan fingerprint density at radius 1 is 0.632 bits per heavy atom. The van der Waals surface area contributed by atoms with Gasteiger partial charge in [0.25, 0.3) is 11.8 Å². The average Bonchev–Trinajstić information content (AvgIpc) is 3.80. The summed E-state index contributed by atoms with van der Waals surface area (Å²) in [5, 5.41) is 4.70. The van der Waals surface area contributed by atoms with Gasteiger partial charge in [-0.3, -0.25) is 18.7 Å². The minimum absolute atomic E-state index is 0.145. The molecule has 0 bridgehead atoms. The van der Waals surface area contributed by atoms with Crippen LogP contribution in [0.5, 0.6) is 0 Å². The van der Waals surface area contributed by atoms with Gasteiger partial charge in [-0.05, 0) is 152 Å². The molecule has 0 saturated carbocycles. The van der Waals surface area contributed by atoms with Crippen LogP contribution in [0.15, 0.2) is 120 Å². The third kappa shape index (κ3) is 10.1. The van der Waals surface area contributed by atoms with E-state index in [1.165, 1.54) is 45.8 Å². The van der Waals surface area contributed by atoms with Crippen molar-refractivity contribution in [3.63, 3.8) is 0 Å². The molecule has 9 rings (SSSR count). The molecule has 4 aromatic heterocycles. The SMILES string of the molecule is Cc1cc2c(cc1-c1ccc(NC(=O)c3c(F)cccc3F)nc1)oc(=O)n2C.Cc1cc2c(cc1B1OC(C)(C)C(C)(C)O1)oc(=O)n2C.O=C(Nc1ccc(Br)cn1)c1c(F)cccc1F. The van der Waals surface area contributed by atoms with Crippen molar-refractivity contribution in [3.8, 4) is 11.1 Å². The Kier molecular flexibility index (Phi) is 13.8. The van der Waals surface area contributed by atoms with Crippen LogP contribution in [0, 0.1) is 37.1 Å². The first-order chi connectivity index (χ1) is 32.0. The van der Waals surface area contributed by atoms with Gasteiger partial charge in [-0.2, -0.15) is 0 Å². The van der Waals surface area contributed by atoms with Gasteiger partial charge in [0.15, 0.2) is 11.2 Å². The van der Waals surface area contributed by atoms with Crippen LogP contribution in [0.2, 0.25) is 0 Å². The average molecular weight is 998 g/mol. The van der Waals surface area contributed by atoms with Crippen molar-refractivity contribution in [2.75, 3.05) is 10.6 Å². The topological polar surface area (TPSA) is 173 Å². The second-order valence-electron chi connectivity index (χ2n) is 16.6. The number of carbonyl (C=O) groups is 2. The maximum atomic E-state index is 13.7. The standard InChI is InChI=1S/C21H15F2N3O3.C15H20BNO4.C12H7BrF2N2O/c1-11-8-16-17(29-21(28)26(16)2)9-13(11)12-6-7-18(24-10-12)25-20(27)19-14(22)4-3-5-15(19)23;1-9-7-11-12(19-13(18)17(11)6)8-10(9)16-20-14(2,3)15(4,5)21-16;13-7-4-5-10(16-6-7)17-12(18)11-8(14)2-1-3-9(11)15/h3-10H,1-2H3,(H,24,25,27);7-8H,1-6H3;1-6H,(H,16,17,18). The Morgan fingerprint density at radius 3 is 1.51 bits per heavy atom. The molecule has 5 heterocycles. The number of halogens is 5. The van der Waals surface area contributed by atoms with Crippen LogP contribution < -0.4 is 27.6 Å². The molecule has 350 valence electrons. The van der Waals surface area contributed by atoms with Gasteiger partial charge in [0, 0.05) is 36.5 Å². The van der Waals surface area contributed by atoms with Crippen molar-refractivity contribution in [2.45, 2.75) is 52.7 Å². The van der Waals surface area contributed by atoms with Gasteiger partial charge in [-0.25, -0.2) is 37.1 Å². The van der Waals surface area contributed by atoms with Crippen molar-refractivity contribution in [1.82, 2.24) is 19.1 Å². The fraction of sp³-hybridized carbons (Fsp3) is 0.208. The van der Waals surface area contributed by atoms with Crippen LogP contribution in [0.4, 0.5) is 29.2 Å². The fourth-order valence-electron chi connectivity index (χ4n) is 6.97. The van der Waals surface area contributed by atoms with E-state index >= 15 is 0 Å². The predicted octanol–water partition coefficient (Wildman–Crippen LogP) is 9.15. The molecule has 1 fully saturated rings. The summed E-state index contributed by atoms with van der Waals surface area (Å²) in [6.07, 6.45) is 2.98. The maximum Gasteiger partial charge on any atom is 0.495 e. The van der Waals surface area contributed by atoms with E-state index in [4.69, 9.17) is 18.1 Å². The first kappa shape index (κ1) is 48.8. The molecule has 1 aliphatic heterocycles. The van der Waals surface area contributed by atoms with Gasteiger partial charge < -0.3 is 28.8 Å². The number of amides is 2. The zero-order valence-corrected chi connectivity index (χ0v) is 39.3. The first-order valence-corrected chi connectivity index (χ1v) is 21.5. The molecule has 0 unspecified atom stereocenters. The number of hydrogen-bond donors (Lipinski definition) is 2. The molecule has 0 aliphatic carbocycles. The van der Waals surface area contributed by atoms with Crippen LogP contribution in [0.25, 0.3) is 33.3 Å². The molecule has 0 spiro atoms. The van der Waals surface area contributed by atoms with E-state index in [2.05, 4.69) is 36.5 Å². The molecule has 2 amide bonds. The summed E-state index contributed by atoms with van der Waals surface area (Å²) in [6.45, 7) is 11.9. The van der Waals surface area contributed by atoms with Crippen LogP contribution in [0.3, 0.4) is 0 Å². The summed E-state index contributed by atoms with van der Waals surface area (Å²) < 4.78 is 80.4. The number of aromatic nitrogens is 4. The minimum Gasteiger partial charge on any atom is -0.408 e. The molecule has 2 N–H and O–H groups in total. The monoisotopic (exact) mass is 996 g/mol. The molecule has 8 aromatic rings. The summed E-state index contributed by atoms with van der Waals surface area (Å²) >= 11 is 3.18. The van der Waals surface area contributed by atoms with Crippen LogP contribution in [-0.2, 0) is 23.4 Å². The number of anilines is 2. The number of nitrogens with zero attached hydrogens (tertiary/aromatic N) is 4. The fourth-order valence-corrected chi connectivity index (χ4v) is 7.20. The van der Waals surface area contributed by atoms with E-state index in [1.807, 2.05) is 59.7 Å². The number of oxazole rings is 2. The van der Waals surface area contributed by atoms with Crippen molar-refractivity contribution in [3.05, 3.63) is 168 Å². The van der Waals surface area contributed by atoms with Crippen molar-refractivity contribution in [1.29, 1.82) is 0 Å². The number of fused-ring (bicyclic) bond motifs is 2. The molecule has 4 aromatic carbocycles. The highest BCUT2D eigenvalue weighted by Crippen LogP contribution is 2.37. The van der Waals surface area contributed by atoms with E-state index in [0.29, 0.717) is 16.7 Å². The smallest absolute Gasteiger partial charge is 0.408 e. The molecule has 1 saturated heterocycles. The first-order valence-electron chi connectivity index (χ1n) is 20.7. The Morgan fingerprint density at radius 2 is 1.07 bits per heavy atom. The van der Waals surface area contributed by atoms with Crippen LogP contribution >= 0.6 is 15.9 Å². The zero-order chi connectivity index (χ0) is 49.4. The summed E-state index contributed by atoms with van der Waals surface area (Å²) in [6, 6.07) is 20.2. The van der Waals surface area contributed by atoms with Gasteiger partial charge >= 0.3 is 18.6 Å². The Bertz CT molecular complexity index is 3300. The highest BCUT2D eigenvalue weighted by molar-refractivity contribution is 9.10. The van der Waals surface area contributed by atoms with E-state index in [-0.39, 0.29) is 17.4 Å². The number of aryl methyl sites for hydroxylation is 4. The minimum atomic E-state index is -0.951. The summed E-state index contributed by atoms with van der Waals surface area (Å²) in [5.74, 6) is -5.99. The molecule has 0 radical (unpaired) electrons. The number of pyridine rings is 2. The second-order valence-corrected chi connectivity index (χ2v) is 17.6.